The third kappa shape index (κ3) is 5.40. The average Bonchev–Trinajstić information content (AvgIpc) is 3.11. The Morgan fingerprint density at radius 3 is 2.50 bits per heavy atom. The molecule has 0 unspecified atom stereocenters. The first-order valence-corrected chi connectivity index (χ1v) is 9.76. The Bertz CT molecular complexity index is 981. The number of aromatic nitrogens is 3. The van der Waals surface area contributed by atoms with Crippen molar-refractivity contribution in [3.8, 4) is 11.4 Å². The Morgan fingerprint density at radius 1 is 1.11 bits per heavy atom. The molecule has 142 valence electrons. The van der Waals surface area contributed by atoms with Crippen molar-refractivity contribution < 1.29 is 4.79 Å². The summed E-state index contributed by atoms with van der Waals surface area (Å²) in [5.41, 5.74) is 5.35. The summed E-state index contributed by atoms with van der Waals surface area (Å²) >= 11 is 1.32. The van der Waals surface area contributed by atoms with Crippen molar-refractivity contribution in [2.45, 2.75) is 12.1 Å². The third-order valence-corrected chi connectivity index (χ3v) is 4.89. The first-order chi connectivity index (χ1) is 13.6. The van der Waals surface area contributed by atoms with Crippen LogP contribution in [0.4, 0.5) is 0 Å². The normalized spacial score (nSPS) is 11.7. The summed E-state index contributed by atoms with van der Waals surface area (Å²) in [6, 6.07) is 19.7. The van der Waals surface area contributed by atoms with Crippen LogP contribution in [0.25, 0.3) is 17.5 Å². The van der Waals surface area contributed by atoms with Crippen molar-refractivity contribution in [3.63, 3.8) is 0 Å². The molecule has 6 nitrogen and oxygen atoms in total. The van der Waals surface area contributed by atoms with Crippen LogP contribution in [-0.4, -0.2) is 32.1 Å². The fourth-order valence-corrected chi connectivity index (χ4v) is 3.11. The van der Waals surface area contributed by atoms with Crippen LogP contribution in [-0.2, 0) is 11.8 Å². The number of hydrogen-bond donors (Lipinski definition) is 1. The molecular formula is C21H21N5OS. The minimum atomic E-state index is -0.193. The molecule has 1 amide bonds. The van der Waals surface area contributed by atoms with Crippen LogP contribution in [0.1, 0.15) is 12.5 Å². The summed E-state index contributed by atoms with van der Waals surface area (Å²) in [6.45, 7) is 1.83. The molecule has 0 spiro atoms. The van der Waals surface area contributed by atoms with Crippen LogP contribution in [0.3, 0.4) is 0 Å². The van der Waals surface area contributed by atoms with Crippen molar-refractivity contribution in [2.75, 3.05) is 5.75 Å². The van der Waals surface area contributed by atoms with E-state index in [1.165, 1.54) is 11.8 Å². The van der Waals surface area contributed by atoms with Gasteiger partial charge < -0.3 is 4.57 Å². The topological polar surface area (TPSA) is 72.2 Å². The Balaban J connectivity index is 1.52. The van der Waals surface area contributed by atoms with Gasteiger partial charge in [0.25, 0.3) is 5.91 Å². The molecule has 3 rings (SSSR count). The van der Waals surface area contributed by atoms with Gasteiger partial charge in [-0.05, 0) is 18.6 Å². The molecule has 2 aromatic carbocycles. The average molecular weight is 392 g/mol. The summed E-state index contributed by atoms with van der Waals surface area (Å²) in [6.07, 6.45) is 3.81. The molecule has 0 aliphatic rings. The quantitative estimate of drug-likeness (QED) is 0.378. The maximum Gasteiger partial charge on any atom is 0.250 e. The molecule has 1 aromatic heterocycles. The maximum absolute atomic E-state index is 12.1. The van der Waals surface area contributed by atoms with Crippen LogP contribution in [0.2, 0.25) is 0 Å². The molecule has 0 aliphatic heterocycles. The molecule has 0 radical (unpaired) electrons. The van der Waals surface area contributed by atoms with Gasteiger partial charge in [0, 0.05) is 12.6 Å². The summed E-state index contributed by atoms with van der Waals surface area (Å²) in [5, 5.41) is 13.2. The van der Waals surface area contributed by atoms with Gasteiger partial charge in [0.15, 0.2) is 11.0 Å². The molecule has 0 saturated heterocycles. The molecule has 0 atom stereocenters. The lowest BCUT2D eigenvalue weighted by molar-refractivity contribution is -0.118. The lowest BCUT2D eigenvalue weighted by Crippen LogP contribution is -2.20. The van der Waals surface area contributed by atoms with Gasteiger partial charge in [-0.25, -0.2) is 5.43 Å². The van der Waals surface area contributed by atoms with Crippen molar-refractivity contribution in [3.05, 3.63) is 72.3 Å². The van der Waals surface area contributed by atoms with Gasteiger partial charge in [-0.2, -0.15) is 5.10 Å². The monoisotopic (exact) mass is 391 g/mol. The van der Waals surface area contributed by atoms with E-state index in [2.05, 4.69) is 20.7 Å². The lowest BCUT2D eigenvalue weighted by atomic mass is 10.2. The number of carbonyl (C=O) groups excluding carboxylic acids is 1. The summed E-state index contributed by atoms with van der Waals surface area (Å²) in [7, 11) is 1.89. The fraction of sp³-hybridized carbons (Fsp3) is 0.143. The van der Waals surface area contributed by atoms with Gasteiger partial charge in [0.2, 0.25) is 0 Å². The van der Waals surface area contributed by atoms with E-state index in [1.807, 2.05) is 91.4 Å². The summed E-state index contributed by atoms with van der Waals surface area (Å²) < 4.78 is 1.88. The SMILES string of the molecule is CC(C=Cc1ccccc1)=NNC(=O)CSc1nnc(-c2ccccc2)n1C. The van der Waals surface area contributed by atoms with Gasteiger partial charge in [-0.1, -0.05) is 78.5 Å². The Kier molecular flexibility index (Phi) is 6.75. The van der Waals surface area contributed by atoms with Gasteiger partial charge in [0.05, 0.1) is 11.5 Å². The highest BCUT2D eigenvalue weighted by molar-refractivity contribution is 7.99. The van der Waals surface area contributed by atoms with Gasteiger partial charge in [-0.15, -0.1) is 10.2 Å². The van der Waals surface area contributed by atoms with Crippen LogP contribution < -0.4 is 5.43 Å². The van der Waals surface area contributed by atoms with Crippen molar-refractivity contribution >= 4 is 29.5 Å². The molecule has 1 N–H and O–H groups in total. The molecule has 1 heterocycles. The standard InChI is InChI=1S/C21H21N5OS/c1-16(13-14-17-9-5-3-6-10-17)22-23-19(27)15-28-21-25-24-20(26(21)2)18-11-7-4-8-12-18/h3-14H,15H2,1-2H3,(H,23,27). The highest BCUT2D eigenvalue weighted by Crippen LogP contribution is 2.22. The number of hydrazone groups is 1. The molecule has 28 heavy (non-hydrogen) atoms. The number of amides is 1. The predicted molar refractivity (Wildman–Crippen MR) is 114 cm³/mol. The predicted octanol–water partition coefficient (Wildman–Crippen LogP) is 3.78. The minimum Gasteiger partial charge on any atom is -0.305 e. The number of nitrogens with zero attached hydrogens (tertiary/aromatic N) is 4. The second kappa shape index (κ2) is 9.66. The van der Waals surface area contributed by atoms with Crippen LogP contribution >= 0.6 is 11.8 Å². The number of carbonyl (C=O) groups is 1. The van der Waals surface area contributed by atoms with Crippen molar-refractivity contribution in [1.82, 2.24) is 20.2 Å². The van der Waals surface area contributed by atoms with E-state index in [9.17, 15) is 4.79 Å². The van der Waals surface area contributed by atoms with Gasteiger partial charge in [-0.3, -0.25) is 4.79 Å². The first kappa shape index (κ1) is 19.6. The van der Waals surface area contributed by atoms with E-state index in [4.69, 9.17) is 0 Å². The Morgan fingerprint density at radius 2 is 1.79 bits per heavy atom. The van der Waals surface area contributed by atoms with Crippen molar-refractivity contribution in [2.24, 2.45) is 12.1 Å². The third-order valence-electron chi connectivity index (χ3n) is 3.87. The Hall–Kier alpha value is -3.19. The maximum atomic E-state index is 12.1. The lowest BCUT2D eigenvalue weighted by Gasteiger charge is -2.03. The molecule has 0 saturated carbocycles. The highest BCUT2D eigenvalue weighted by atomic mass is 32.2. The largest absolute Gasteiger partial charge is 0.305 e. The smallest absolute Gasteiger partial charge is 0.250 e. The number of hydrogen-bond acceptors (Lipinski definition) is 5. The molecule has 0 fully saturated rings. The van der Waals surface area contributed by atoms with Crippen LogP contribution in [0, 0.1) is 0 Å². The molecule has 7 heteroatoms. The molecule has 0 bridgehead atoms. The molecule has 0 aliphatic carbocycles. The number of benzene rings is 2. The van der Waals surface area contributed by atoms with Gasteiger partial charge >= 0.3 is 0 Å². The highest BCUT2D eigenvalue weighted by Gasteiger charge is 2.12. The summed E-state index contributed by atoms with van der Waals surface area (Å²) in [5.74, 6) is 0.782. The van der Waals surface area contributed by atoms with E-state index in [0.717, 1.165) is 17.0 Å². The minimum absolute atomic E-state index is 0.193. The molecular weight excluding hydrogens is 370 g/mol. The number of allylic oxidation sites excluding steroid dienone is 1. The van der Waals surface area contributed by atoms with Crippen LogP contribution in [0.15, 0.2) is 77.0 Å². The van der Waals surface area contributed by atoms with E-state index < -0.39 is 0 Å². The zero-order valence-electron chi connectivity index (χ0n) is 15.7. The van der Waals surface area contributed by atoms with E-state index >= 15 is 0 Å². The van der Waals surface area contributed by atoms with Crippen LogP contribution in [0.5, 0.6) is 0 Å². The Labute approximate surface area is 168 Å². The van der Waals surface area contributed by atoms with E-state index in [0.29, 0.717) is 10.9 Å². The number of thioether (sulfide) groups is 1. The number of nitrogens with one attached hydrogen (secondary N) is 1. The zero-order valence-corrected chi connectivity index (χ0v) is 16.6. The first-order valence-electron chi connectivity index (χ1n) is 8.77. The van der Waals surface area contributed by atoms with E-state index in [-0.39, 0.29) is 11.7 Å². The summed E-state index contributed by atoms with van der Waals surface area (Å²) in [4.78, 5) is 12.1. The van der Waals surface area contributed by atoms with Gasteiger partial charge in [0.1, 0.15) is 0 Å². The second-order valence-corrected chi connectivity index (χ2v) is 6.99. The number of rotatable bonds is 7. The van der Waals surface area contributed by atoms with E-state index in [1.54, 1.807) is 0 Å². The van der Waals surface area contributed by atoms with Crippen molar-refractivity contribution in [1.29, 1.82) is 0 Å². The second-order valence-electron chi connectivity index (χ2n) is 6.05. The molecule has 3 aromatic rings. The zero-order chi connectivity index (χ0) is 19.8. The fourth-order valence-electron chi connectivity index (χ4n) is 2.41.